The first-order valence-corrected chi connectivity index (χ1v) is 6.44. The number of fused-ring (bicyclic) bond motifs is 1. The first-order chi connectivity index (χ1) is 8.70. The van der Waals surface area contributed by atoms with Gasteiger partial charge in [0.05, 0.1) is 19.2 Å². The van der Waals surface area contributed by atoms with Crippen LogP contribution in [0.4, 0.5) is 0 Å². The van der Waals surface area contributed by atoms with Crippen molar-refractivity contribution in [1.82, 2.24) is 10.6 Å². The van der Waals surface area contributed by atoms with Gasteiger partial charge >= 0.3 is 0 Å². The molecule has 0 saturated carbocycles. The van der Waals surface area contributed by atoms with Gasteiger partial charge in [-0.2, -0.15) is 0 Å². The third kappa shape index (κ3) is 3.15. The van der Waals surface area contributed by atoms with Crippen molar-refractivity contribution in [3.63, 3.8) is 0 Å². The average Bonchev–Trinajstić information content (AvgIpc) is 2.52. The van der Waals surface area contributed by atoms with Crippen LogP contribution in [0.5, 0.6) is 5.75 Å². The van der Waals surface area contributed by atoms with Crippen LogP contribution in [0.25, 0.3) is 0 Å². The normalized spacial score (nSPS) is 18.4. The number of carbonyl (C=O) groups is 1. The molecule has 0 spiro atoms. The fourth-order valence-electron chi connectivity index (χ4n) is 2.10. The van der Waals surface area contributed by atoms with E-state index in [2.05, 4.69) is 10.6 Å². The highest BCUT2D eigenvalue weighted by molar-refractivity contribution is 6.30. The second-order valence-electron chi connectivity index (χ2n) is 4.32. The van der Waals surface area contributed by atoms with Gasteiger partial charge in [-0.15, -0.1) is 0 Å². The maximum absolute atomic E-state index is 11.7. The maximum atomic E-state index is 11.7. The highest BCUT2D eigenvalue weighted by atomic mass is 35.5. The second kappa shape index (κ2) is 6.07. The largest absolute Gasteiger partial charge is 0.493 e. The molecule has 4 nitrogen and oxygen atoms in total. The minimum Gasteiger partial charge on any atom is -0.493 e. The Morgan fingerprint density at radius 3 is 3.17 bits per heavy atom. The SMILES string of the molecule is CNCC(=O)NC1CCCOc2cc(Cl)ccc21. The molecule has 1 aromatic carbocycles. The number of nitrogens with one attached hydrogen (secondary N) is 2. The summed E-state index contributed by atoms with van der Waals surface area (Å²) in [6, 6.07) is 5.56. The van der Waals surface area contributed by atoms with Crippen molar-refractivity contribution in [2.24, 2.45) is 0 Å². The summed E-state index contributed by atoms with van der Waals surface area (Å²) >= 11 is 5.96. The number of likely N-dealkylation sites (N-methyl/N-ethyl adjacent to an activating group) is 1. The molecule has 1 unspecified atom stereocenters. The van der Waals surface area contributed by atoms with Gasteiger partial charge in [0.1, 0.15) is 5.75 Å². The van der Waals surface area contributed by atoms with E-state index in [1.54, 1.807) is 13.1 Å². The molecule has 2 rings (SSSR count). The predicted octanol–water partition coefficient (Wildman–Crippen LogP) is 1.89. The van der Waals surface area contributed by atoms with Crippen LogP contribution in [0.3, 0.4) is 0 Å². The Labute approximate surface area is 112 Å². The fraction of sp³-hybridized carbons (Fsp3) is 0.462. The molecule has 0 aromatic heterocycles. The number of hydrogen-bond acceptors (Lipinski definition) is 3. The van der Waals surface area contributed by atoms with E-state index in [-0.39, 0.29) is 11.9 Å². The number of carbonyl (C=O) groups excluding carboxylic acids is 1. The molecule has 0 fully saturated rings. The van der Waals surface area contributed by atoms with Crippen molar-refractivity contribution in [1.29, 1.82) is 0 Å². The first kappa shape index (κ1) is 13.2. The van der Waals surface area contributed by atoms with Crippen LogP contribution >= 0.6 is 11.6 Å². The third-order valence-electron chi connectivity index (χ3n) is 2.92. The van der Waals surface area contributed by atoms with E-state index in [4.69, 9.17) is 16.3 Å². The molecule has 0 radical (unpaired) electrons. The van der Waals surface area contributed by atoms with E-state index >= 15 is 0 Å². The lowest BCUT2D eigenvalue weighted by Gasteiger charge is -2.18. The minimum atomic E-state index is -0.00898. The molecule has 1 heterocycles. The minimum absolute atomic E-state index is 0.000571. The standard InChI is InChI=1S/C13H17ClN2O2/c1-15-8-13(17)16-11-3-2-6-18-12-7-9(14)4-5-10(11)12/h4-5,7,11,15H,2-3,6,8H2,1H3,(H,16,17). The Bertz CT molecular complexity index is 437. The van der Waals surface area contributed by atoms with E-state index in [9.17, 15) is 4.79 Å². The first-order valence-electron chi connectivity index (χ1n) is 6.07. The zero-order valence-electron chi connectivity index (χ0n) is 10.3. The number of amides is 1. The van der Waals surface area contributed by atoms with E-state index in [0.717, 1.165) is 24.2 Å². The van der Waals surface area contributed by atoms with Gasteiger partial charge in [0.2, 0.25) is 5.91 Å². The summed E-state index contributed by atoms with van der Waals surface area (Å²) in [5.41, 5.74) is 1.00. The van der Waals surface area contributed by atoms with Crippen molar-refractivity contribution in [3.8, 4) is 5.75 Å². The molecule has 18 heavy (non-hydrogen) atoms. The van der Waals surface area contributed by atoms with Crippen LogP contribution in [-0.2, 0) is 4.79 Å². The summed E-state index contributed by atoms with van der Waals surface area (Å²) in [6.45, 7) is 0.978. The molecule has 0 saturated heterocycles. The molecule has 0 aliphatic carbocycles. The van der Waals surface area contributed by atoms with Crippen LogP contribution in [0.1, 0.15) is 24.4 Å². The lowest BCUT2D eigenvalue weighted by atomic mass is 10.0. The van der Waals surface area contributed by atoms with Gasteiger partial charge < -0.3 is 15.4 Å². The molecule has 98 valence electrons. The lowest BCUT2D eigenvalue weighted by Crippen LogP contribution is -2.34. The molecule has 1 aliphatic heterocycles. The molecule has 1 amide bonds. The average molecular weight is 269 g/mol. The number of benzene rings is 1. The van der Waals surface area contributed by atoms with Crippen LogP contribution in [0.2, 0.25) is 5.02 Å². The highest BCUT2D eigenvalue weighted by Crippen LogP contribution is 2.33. The van der Waals surface area contributed by atoms with Crippen molar-refractivity contribution in [2.75, 3.05) is 20.2 Å². The number of rotatable bonds is 3. The molecule has 5 heteroatoms. The molecule has 1 aliphatic rings. The molecule has 0 bridgehead atoms. The number of halogens is 1. The summed E-state index contributed by atoms with van der Waals surface area (Å²) in [6.07, 6.45) is 1.79. The summed E-state index contributed by atoms with van der Waals surface area (Å²) in [7, 11) is 1.75. The van der Waals surface area contributed by atoms with Gasteiger partial charge in [0.25, 0.3) is 0 Å². The topological polar surface area (TPSA) is 50.4 Å². The molecule has 2 N–H and O–H groups in total. The zero-order valence-corrected chi connectivity index (χ0v) is 11.1. The van der Waals surface area contributed by atoms with E-state index < -0.39 is 0 Å². The highest BCUT2D eigenvalue weighted by Gasteiger charge is 2.21. The Morgan fingerprint density at radius 1 is 1.56 bits per heavy atom. The summed E-state index contributed by atoms with van der Waals surface area (Å²) in [5.74, 6) is 0.764. The van der Waals surface area contributed by atoms with E-state index in [0.29, 0.717) is 18.2 Å². The quantitative estimate of drug-likeness (QED) is 0.880. The van der Waals surface area contributed by atoms with Gasteiger partial charge in [0, 0.05) is 10.6 Å². The van der Waals surface area contributed by atoms with Crippen molar-refractivity contribution < 1.29 is 9.53 Å². The Hall–Kier alpha value is -1.26. The Kier molecular flexibility index (Phi) is 4.44. The second-order valence-corrected chi connectivity index (χ2v) is 4.76. The Balaban J connectivity index is 2.19. The van der Waals surface area contributed by atoms with Gasteiger partial charge in [0.15, 0.2) is 0 Å². The summed E-state index contributed by atoms with van der Waals surface area (Å²) in [5, 5.41) is 6.50. The molecule has 1 atom stereocenters. The predicted molar refractivity (Wildman–Crippen MR) is 71.0 cm³/mol. The Morgan fingerprint density at radius 2 is 2.39 bits per heavy atom. The van der Waals surface area contributed by atoms with Crippen molar-refractivity contribution in [2.45, 2.75) is 18.9 Å². The molecule has 1 aromatic rings. The summed E-state index contributed by atoms with van der Waals surface area (Å²) < 4.78 is 5.65. The third-order valence-corrected chi connectivity index (χ3v) is 3.15. The molecular formula is C13H17ClN2O2. The van der Waals surface area contributed by atoms with Gasteiger partial charge in [-0.3, -0.25) is 4.79 Å². The van der Waals surface area contributed by atoms with Crippen LogP contribution in [0, 0.1) is 0 Å². The zero-order chi connectivity index (χ0) is 13.0. The van der Waals surface area contributed by atoms with E-state index in [1.165, 1.54) is 0 Å². The maximum Gasteiger partial charge on any atom is 0.234 e. The molecular weight excluding hydrogens is 252 g/mol. The number of ether oxygens (including phenoxy) is 1. The van der Waals surface area contributed by atoms with Crippen LogP contribution in [-0.4, -0.2) is 26.1 Å². The smallest absolute Gasteiger partial charge is 0.234 e. The summed E-state index contributed by atoms with van der Waals surface area (Å²) in [4.78, 5) is 11.7. The fourth-order valence-corrected chi connectivity index (χ4v) is 2.26. The van der Waals surface area contributed by atoms with E-state index in [1.807, 2.05) is 12.1 Å². The number of hydrogen-bond donors (Lipinski definition) is 2. The van der Waals surface area contributed by atoms with Crippen LogP contribution in [0.15, 0.2) is 18.2 Å². The monoisotopic (exact) mass is 268 g/mol. The van der Waals surface area contributed by atoms with Gasteiger partial charge in [-0.25, -0.2) is 0 Å². The lowest BCUT2D eigenvalue weighted by molar-refractivity contribution is -0.120. The van der Waals surface area contributed by atoms with Gasteiger partial charge in [-0.1, -0.05) is 17.7 Å². The van der Waals surface area contributed by atoms with Crippen LogP contribution < -0.4 is 15.4 Å². The van der Waals surface area contributed by atoms with Crippen molar-refractivity contribution >= 4 is 17.5 Å². The van der Waals surface area contributed by atoms with Gasteiger partial charge in [-0.05, 0) is 32.0 Å². The van der Waals surface area contributed by atoms with Crippen molar-refractivity contribution in [3.05, 3.63) is 28.8 Å².